The summed E-state index contributed by atoms with van der Waals surface area (Å²) in [6.45, 7) is 3.63. The van der Waals surface area contributed by atoms with E-state index in [0.29, 0.717) is 11.3 Å². The lowest BCUT2D eigenvalue weighted by atomic mass is 10.1. The predicted molar refractivity (Wildman–Crippen MR) is 75.8 cm³/mol. The first-order chi connectivity index (χ1) is 9.99. The summed E-state index contributed by atoms with van der Waals surface area (Å²) in [6, 6.07) is 6.19. The highest BCUT2D eigenvalue weighted by molar-refractivity contribution is 5.96. The lowest BCUT2D eigenvalue weighted by Crippen LogP contribution is -2.24. The summed E-state index contributed by atoms with van der Waals surface area (Å²) in [6.07, 6.45) is 1.43. The lowest BCUT2D eigenvalue weighted by molar-refractivity contribution is -0.385. The highest BCUT2D eigenvalue weighted by Gasteiger charge is 2.17. The third-order valence-corrected chi connectivity index (χ3v) is 3.04. The van der Waals surface area contributed by atoms with E-state index in [0.717, 1.165) is 5.69 Å². The molecule has 0 spiro atoms. The highest BCUT2D eigenvalue weighted by Crippen LogP contribution is 2.20. The van der Waals surface area contributed by atoms with Crippen LogP contribution in [0.1, 0.15) is 27.3 Å². The third-order valence-electron chi connectivity index (χ3n) is 3.04. The molecule has 1 aromatic heterocycles. The van der Waals surface area contributed by atoms with Crippen molar-refractivity contribution in [1.82, 2.24) is 15.3 Å². The van der Waals surface area contributed by atoms with E-state index in [1.807, 2.05) is 6.92 Å². The molecule has 2 aromatic rings. The van der Waals surface area contributed by atoms with Crippen LogP contribution in [0.25, 0.3) is 0 Å². The summed E-state index contributed by atoms with van der Waals surface area (Å²) in [5.74, 6) is -0.368. The van der Waals surface area contributed by atoms with Crippen LogP contribution in [0.5, 0.6) is 0 Å². The molecule has 0 unspecified atom stereocenters. The van der Waals surface area contributed by atoms with Gasteiger partial charge in [-0.1, -0.05) is 6.07 Å². The molecule has 1 aromatic carbocycles. The monoisotopic (exact) mass is 286 g/mol. The van der Waals surface area contributed by atoms with Gasteiger partial charge in [0.15, 0.2) is 0 Å². The number of benzene rings is 1. The van der Waals surface area contributed by atoms with Crippen molar-refractivity contribution >= 4 is 11.6 Å². The summed E-state index contributed by atoms with van der Waals surface area (Å²) < 4.78 is 0. The van der Waals surface area contributed by atoms with Gasteiger partial charge in [-0.25, -0.2) is 9.97 Å². The van der Waals surface area contributed by atoms with Crippen molar-refractivity contribution in [2.45, 2.75) is 20.4 Å². The number of carbonyl (C=O) groups is 1. The van der Waals surface area contributed by atoms with Gasteiger partial charge in [-0.05, 0) is 26.0 Å². The van der Waals surface area contributed by atoms with E-state index in [4.69, 9.17) is 0 Å². The zero-order valence-electron chi connectivity index (χ0n) is 11.7. The number of rotatable bonds is 4. The molecule has 0 aliphatic rings. The van der Waals surface area contributed by atoms with Crippen LogP contribution in [0.3, 0.4) is 0 Å². The molecule has 0 radical (unpaired) electrons. The van der Waals surface area contributed by atoms with Gasteiger partial charge in [0, 0.05) is 22.9 Å². The van der Waals surface area contributed by atoms with Gasteiger partial charge in [0.1, 0.15) is 6.33 Å². The first kappa shape index (κ1) is 14.6. The number of amides is 1. The molecule has 0 atom stereocenters. The first-order valence-electron chi connectivity index (χ1n) is 6.28. The Bertz CT molecular complexity index is 700. The second kappa shape index (κ2) is 6.08. The smallest absolute Gasteiger partial charge is 0.273 e. The molecule has 0 bridgehead atoms. The quantitative estimate of drug-likeness (QED) is 0.684. The standard InChI is InChI=1S/C14H14N4O3/c1-9-6-11(17-8-16-9)7-15-14(19)12-4-3-5-13(10(12)2)18(20)21/h3-6,8H,7H2,1-2H3,(H,15,19). The minimum Gasteiger partial charge on any atom is -0.346 e. The van der Waals surface area contributed by atoms with Crippen molar-refractivity contribution in [3.8, 4) is 0 Å². The Morgan fingerprint density at radius 1 is 1.33 bits per heavy atom. The zero-order valence-corrected chi connectivity index (χ0v) is 11.7. The topological polar surface area (TPSA) is 98.0 Å². The fourth-order valence-electron chi connectivity index (χ4n) is 1.94. The van der Waals surface area contributed by atoms with Crippen LogP contribution in [0, 0.1) is 24.0 Å². The van der Waals surface area contributed by atoms with Crippen LogP contribution in [-0.2, 0) is 6.54 Å². The van der Waals surface area contributed by atoms with Gasteiger partial charge in [-0.15, -0.1) is 0 Å². The molecule has 0 aliphatic carbocycles. The van der Waals surface area contributed by atoms with Crippen LogP contribution >= 0.6 is 0 Å². The fourth-order valence-corrected chi connectivity index (χ4v) is 1.94. The van der Waals surface area contributed by atoms with Crippen LogP contribution in [0.15, 0.2) is 30.6 Å². The zero-order chi connectivity index (χ0) is 15.4. The number of hydrogen-bond donors (Lipinski definition) is 1. The van der Waals surface area contributed by atoms with E-state index in [-0.39, 0.29) is 23.7 Å². The Hall–Kier alpha value is -2.83. The van der Waals surface area contributed by atoms with Crippen molar-refractivity contribution in [2.24, 2.45) is 0 Å². The van der Waals surface area contributed by atoms with Crippen LogP contribution in [0.4, 0.5) is 5.69 Å². The molecule has 7 nitrogen and oxygen atoms in total. The fraction of sp³-hybridized carbons (Fsp3) is 0.214. The number of hydrogen-bond acceptors (Lipinski definition) is 5. The third kappa shape index (κ3) is 3.38. The SMILES string of the molecule is Cc1cc(CNC(=O)c2cccc([N+](=O)[O-])c2C)ncn1. The van der Waals surface area contributed by atoms with E-state index in [1.54, 1.807) is 19.1 Å². The second-order valence-corrected chi connectivity index (χ2v) is 4.54. The van der Waals surface area contributed by atoms with E-state index < -0.39 is 4.92 Å². The number of nitro groups is 1. The number of aryl methyl sites for hydroxylation is 1. The normalized spacial score (nSPS) is 10.2. The maximum atomic E-state index is 12.1. The molecule has 21 heavy (non-hydrogen) atoms. The highest BCUT2D eigenvalue weighted by atomic mass is 16.6. The number of aromatic nitrogens is 2. The molecule has 0 aliphatic heterocycles. The minimum atomic E-state index is -0.500. The van der Waals surface area contributed by atoms with Crippen molar-refractivity contribution < 1.29 is 9.72 Å². The molecule has 1 amide bonds. The van der Waals surface area contributed by atoms with Gasteiger partial charge >= 0.3 is 0 Å². The van der Waals surface area contributed by atoms with Gasteiger partial charge in [-0.3, -0.25) is 14.9 Å². The van der Waals surface area contributed by atoms with Crippen molar-refractivity contribution in [2.75, 3.05) is 0 Å². The van der Waals surface area contributed by atoms with E-state index in [1.165, 1.54) is 18.5 Å². The summed E-state index contributed by atoms with van der Waals surface area (Å²) in [4.78, 5) is 30.5. The number of nitrogens with zero attached hydrogens (tertiary/aromatic N) is 3. The number of nitrogens with one attached hydrogen (secondary N) is 1. The van der Waals surface area contributed by atoms with Gasteiger partial charge < -0.3 is 5.32 Å². The molecule has 7 heteroatoms. The average Bonchev–Trinajstić information content (AvgIpc) is 2.45. The molecular weight excluding hydrogens is 272 g/mol. The molecular formula is C14H14N4O3. The van der Waals surface area contributed by atoms with Crippen LogP contribution in [-0.4, -0.2) is 20.8 Å². The molecule has 0 fully saturated rings. The first-order valence-corrected chi connectivity index (χ1v) is 6.28. The lowest BCUT2D eigenvalue weighted by Gasteiger charge is -2.07. The Morgan fingerprint density at radius 2 is 2.10 bits per heavy atom. The summed E-state index contributed by atoms with van der Waals surface area (Å²) in [7, 11) is 0. The van der Waals surface area contributed by atoms with Gasteiger partial charge in [-0.2, -0.15) is 0 Å². The van der Waals surface area contributed by atoms with Crippen LogP contribution in [0.2, 0.25) is 0 Å². The van der Waals surface area contributed by atoms with Gasteiger partial charge in [0.25, 0.3) is 11.6 Å². The Labute approximate surface area is 121 Å². The number of nitro benzene ring substituents is 1. The van der Waals surface area contributed by atoms with Crippen molar-refractivity contribution in [3.63, 3.8) is 0 Å². The Balaban J connectivity index is 2.14. The second-order valence-electron chi connectivity index (χ2n) is 4.54. The van der Waals surface area contributed by atoms with E-state index in [2.05, 4.69) is 15.3 Å². The van der Waals surface area contributed by atoms with Crippen molar-refractivity contribution in [1.29, 1.82) is 0 Å². The van der Waals surface area contributed by atoms with Crippen LogP contribution < -0.4 is 5.32 Å². The Morgan fingerprint density at radius 3 is 2.76 bits per heavy atom. The van der Waals surface area contributed by atoms with E-state index in [9.17, 15) is 14.9 Å². The maximum Gasteiger partial charge on any atom is 0.273 e. The Kier molecular flexibility index (Phi) is 4.22. The van der Waals surface area contributed by atoms with Gasteiger partial charge in [0.05, 0.1) is 17.2 Å². The molecule has 2 rings (SSSR count). The molecule has 1 N–H and O–H groups in total. The molecule has 0 saturated heterocycles. The van der Waals surface area contributed by atoms with E-state index >= 15 is 0 Å². The molecule has 0 saturated carbocycles. The average molecular weight is 286 g/mol. The summed E-state index contributed by atoms with van der Waals surface area (Å²) >= 11 is 0. The summed E-state index contributed by atoms with van der Waals surface area (Å²) in [5, 5.41) is 13.6. The maximum absolute atomic E-state index is 12.1. The van der Waals surface area contributed by atoms with Crippen molar-refractivity contribution in [3.05, 3.63) is 63.2 Å². The molecule has 1 heterocycles. The summed E-state index contributed by atoms with van der Waals surface area (Å²) in [5.41, 5.74) is 2.05. The largest absolute Gasteiger partial charge is 0.346 e. The molecule has 108 valence electrons. The minimum absolute atomic E-state index is 0.0690. The van der Waals surface area contributed by atoms with Gasteiger partial charge in [0.2, 0.25) is 0 Å². The number of carbonyl (C=O) groups excluding carboxylic acids is 1. The predicted octanol–water partition coefficient (Wildman–Crippen LogP) is 1.93.